The van der Waals surface area contributed by atoms with Gasteiger partial charge in [0.05, 0.1) is 12.8 Å². The van der Waals surface area contributed by atoms with Crippen LogP contribution in [0.2, 0.25) is 0 Å². The number of methoxy groups -OCH3 is 1. The van der Waals surface area contributed by atoms with Gasteiger partial charge in [-0.25, -0.2) is 4.79 Å². The Kier molecular flexibility index (Phi) is 10.7. The lowest BCUT2D eigenvalue weighted by Gasteiger charge is -2.36. The number of benzene rings is 2. The normalized spacial score (nSPS) is 13.6. The number of hydrogen-bond acceptors (Lipinski definition) is 6. The second-order valence-electron chi connectivity index (χ2n) is 7.95. The summed E-state index contributed by atoms with van der Waals surface area (Å²) in [7, 11) is 1.71. The van der Waals surface area contributed by atoms with E-state index < -0.39 is 5.63 Å². The zero-order valence-electron chi connectivity index (χ0n) is 19.2. The molecule has 1 aliphatic rings. The highest BCUT2D eigenvalue weighted by Gasteiger charge is 2.19. The molecule has 0 radical (unpaired) electrons. The Labute approximate surface area is 211 Å². The Morgan fingerprint density at radius 3 is 2.47 bits per heavy atom. The first kappa shape index (κ1) is 27.5. The van der Waals surface area contributed by atoms with E-state index >= 15 is 0 Å². The molecule has 7 nitrogen and oxygen atoms in total. The zero-order valence-corrected chi connectivity index (χ0v) is 20.8. The third-order valence-corrected chi connectivity index (χ3v) is 5.87. The Hall–Kier alpha value is -2.74. The van der Waals surface area contributed by atoms with Crippen LogP contribution in [0.5, 0.6) is 5.75 Å². The van der Waals surface area contributed by atoms with Crippen molar-refractivity contribution >= 4 is 47.4 Å². The molecule has 4 rings (SSSR count). The summed E-state index contributed by atoms with van der Waals surface area (Å²) in [5.41, 5.74) is 1.08. The summed E-state index contributed by atoms with van der Waals surface area (Å²) in [5.74, 6) is 0.534. The second-order valence-corrected chi connectivity index (χ2v) is 7.95. The smallest absolute Gasteiger partial charge is 0.349 e. The maximum atomic E-state index is 12.4. The zero-order chi connectivity index (χ0) is 22.3. The van der Waals surface area contributed by atoms with Gasteiger partial charge in [0.15, 0.2) is 0 Å². The quantitative estimate of drug-likeness (QED) is 0.367. The molecule has 2 aromatic carbocycles. The van der Waals surface area contributed by atoms with E-state index in [1.807, 2.05) is 30.3 Å². The van der Waals surface area contributed by atoms with Gasteiger partial charge < -0.3 is 19.4 Å². The van der Waals surface area contributed by atoms with Gasteiger partial charge in [-0.05, 0) is 43.7 Å². The van der Waals surface area contributed by atoms with Crippen LogP contribution in [0.3, 0.4) is 0 Å². The lowest BCUT2D eigenvalue weighted by atomic mass is 10.1. The third kappa shape index (κ3) is 6.65. The van der Waals surface area contributed by atoms with Gasteiger partial charge in [0.2, 0.25) is 0 Å². The molecule has 2 heterocycles. The number of carbonyl (C=O) groups excluding carboxylic acids is 1. The first-order valence-corrected chi connectivity index (χ1v) is 11.1. The molecule has 1 saturated heterocycles. The summed E-state index contributed by atoms with van der Waals surface area (Å²) in [6.45, 7) is 5.47. The number of para-hydroxylation sites is 3. The lowest BCUT2D eigenvalue weighted by molar-refractivity contribution is 0.0949. The summed E-state index contributed by atoms with van der Waals surface area (Å²) in [6, 6.07) is 16.9. The summed E-state index contributed by atoms with van der Waals surface area (Å²) in [6.07, 6.45) is 1.85. The van der Waals surface area contributed by atoms with Crippen molar-refractivity contribution in [3.63, 3.8) is 0 Å². The van der Waals surface area contributed by atoms with E-state index in [0.717, 1.165) is 62.4 Å². The standard InChI is InChI=1S/C25H29N3O4.2ClH/c1-31-23-11-5-3-9-21(23)28-16-14-27(15-17-28)13-7-6-12-26-24(29)20-18-19-8-2-4-10-22(19)32-25(20)30;;/h2-5,8-11,18H,6-7,12-17H2,1H3,(H,26,29);2*1H. The average molecular weight is 508 g/mol. The summed E-state index contributed by atoms with van der Waals surface area (Å²) < 4.78 is 10.7. The lowest BCUT2D eigenvalue weighted by Crippen LogP contribution is -2.46. The van der Waals surface area contributed by atoms with E-state index in [0.29, 0.717) is 12.1 Å². The molecule has 9 heteroatoms. The van der Waals surface area contributed by atoms with Crippen LogP contribution in [0.25, 0.3) is 11.0 Å². The van der Waals surface area contributed by atoms with Gasteiger partial charge in [-0.2, -0.15) is 0 Å². The number of rotatable bonds is 8. The van der Waals surface area contributed by atoms with E-state index in [-0.39, 0.29) is 36.3 Å². The van der Waals surface area contributed by atoms with Gasteiger partial charge in [0.25, 0.3) is 5.91 Å². The number of nitrogens with one attached hydrogen (secondary N) is 1. The Morgan fingerprint density at radius 1 is 1.00 bits per heavy atom. The highest BCUT2D eigenvalue weighted by molar-refractivity contribution is 5.96. The van der Waals surface area contributed by atoms with Crippen molar-refractivity contribution in [2.75, 3.05) is 51.3 Å². The molecule has 34 heavy (non-hydrogen) atoms. The minimum Gasteiger partial charge on any atom is -0.495 e. The Balaban J connectivity index is 0.00000204. The summed E-state index contributed by atoms with van der Waals surface area (Å²) in [4.78, 5) is 29.3. The Bertz CT molecular complexity index is 1130. The van der Waals surface area contributed by atoms with Crippen molar-refractivity contribution in [2.24, 2.45) is 0 Å². The summed E-state index contributed by atoms with van der Waals surface area (Å²) >= 11 is 0. The molecule has 1 amide bonds. The van der Waals surface area contributed by atoms with Gasteiger partial charge in [0.1, 0.15) is 16.9 Å². The van der Waals surface area contributed by atoms with Crippen LogP contribution in [0, 0.1) is 0 Å². The summed E-state index contributed by atoms with van der Waals surface area (Å²) in [5, 5.41) is 3.58. The van der Waals surface area contributed by atoms with Crippen molar-refractivity contribution in [3.8, 4) is 5.75 Å². The maximum absolute atomic E-state index is 12.4. The topological polar surface area (TPSA) is 75.0 Å². The number of hydrogen-bond donors (Lipinski definition) is 1. The molecule has 1 aliphatic heterocycles. The molecule has 184 valence electrons. The number of ether oxygens (including phenoxy) is 1. The molecule has 0 aliphatic carbocycles. The van der Waals surface area contributed by atoms with Crippen molar-refractivity contribution in [1.29, 1.82) is 0 Å². The first-order chi connectivity index (χ1) is 15.7. The Morgan fingerprint density at radius 2 is 1.71 bits per heavy atom. The number of amides is 1. The average Bonchev–Trinajstić information content (AvgIpc) is 2.83. The fourth-order valence-electron chi connectivity index (χ4n) is 4.08. The number of anilines is 1. The van der Waals surface area contributed by atoms with E-state index in [9.17, 15) is 9.59 Å². The largest absolute Gasteiger partial charge is 0.495 e. The van der Waals surface area contributed by atoms with E-state index in [2.05, 4.69) is 21.2 Å². The molecule has 1 fully saturated rings. The number of nitrogens with zero attached hydrogens (tertiary/aromatic N) is 2. The van der Waals surface area contributed by atoms with Gasteiger partial charge in [-0.1, -0.05) is 30.3 Å². The second kappa shape index (κ2) is 13.2. The fourth-order valence-corrected chi connectivity index (χ4v) is 4.08. The van der Waals surface area contributed by atoms with Crippen molar-refractivity contribution in [2.45, 2.75) is 12.8 Å². The number of fused-ring (bicyclic) bond motifs is 1. The maximum Gasteiger partial charge on any atom is 0.349 e. The van der Waals surface area contributed by atoms with Crippen LogP contribution in [0.1, 0.15) is 23.2 Å². The van der Waals surface area contributed by atoms with Gasteiger partial charge in [-0.15, -0.1) is 24.8 Å². The predicted molar refractivity (Wildman–Crippen MR) is 140 cm³/mol. The van der Waals surface area contributed by atoms with E-state index in [4.69, 9.17) is 9.15 Å². The van der Waals surface area contributed by atoms with Crippen LogP contribution >= 0.6 is 24.8 Å². The third-order valence-electron chi connectivity index (χ3n) is 5.87. The van der Waals surface area contributed by atoms with E-state index in [1.165, 1.54) is 0 Å². The molecular formula is C25H31Cl2N3O4. The fraction of sp³-hybridized carbons (Fsp3) is 0.360. The van der Waals surface area contributed by atoms with Crippen LogP contribution in [0.4, 0.5) is 5.69 Å². The number of piperazine rings is 1. The predicted octanol–water partition coefficient (Wildman–Crippen LogP) is 3.98. The minimum absolute atomic E-state index is 0. The van der Waals surface area contributed by atoms with Crippen LogP contribution in [0.15, 0.2) is 63.8 Å². The number of carbonyl (C=O) groups is 1. The van der Waals surface area contributed by atoms with Crippen molar-refractivity contribution < 1.29 is 13.9 Å². The first-order valence-electron chi connectivity index (χ1n) is 11.1. The van der Waals surface area contributed by atoms with Crippen molar-refractivity contribution in [3.05, 3.63) is 70.6 Å². The SMILES string of the molecule is COc1ccccc1N1CCN(CCCCNC(=O)c2cc3ccccc3oc2=O)CC1.Cl.Cl. The number of halogens is 2. The van der Waals surface area contributed by atoms with Crippen LogP contribution < -0.4 is 20.6 Å². The minimum atomic E-state index is -0.603. The van der Waals surface area contributed by atoms with Crippen LogP contribution in [-0.2, 0) is 0 Å². The highest BCUT2D eigenvalue weighted by atomic mass is 35.5. The molecule has 1 aromatic heterocycles. The molecule has 3 aromatic rings. The molecule has 0 unspecified atom stereocenters. The molecule has 0 saturated carbocycles. The van der Waals surface area contributed by atoms with Gasteiger partial charge >= 0.3 is 5.63 Å². The molecule has 0 bridgehead atoms. The number of unbranched alkanes of at least 4 members (excludes halogenated alkanes) is 1. The molecule has 1 N–H and O–H groups in total. The van der Waals surface area contributed by atoms with Gasteiger partial charge in [0, 0.05) is 38.1 Å². The van der Waals surface area contributed by atoms with Crippen molar-refractivity contribution in [1.82, 2.24) is 10.2 Å². The van der Waals surface area contributed by atoms with Gasteiger partial charge in [-0.3, -0.25) is 9.69 Å². The molecular weight excluding hydrogens is 477 g/mol. The van der Waals surface area contributed by atoms with Crippen LogP contribution in [-0.4, -0.2) is 57.2 Å². The van der Waals surface area contributed by atoms with E-state index in [1.54, 1.807) is 25.3 Å². The molecule has 0 spiro atoms. The highest BCUT2D eigenvalue weighted by Crippen LogP contribution is 2.28. The molecule has 0 atom stereocenters. The monoisotopic (exact) mass is 507 g/mol.